The first-order valence-corrected chi connectivity index (χ1v) is 8.86. The monoisotopic (exact) mass is 354 g/mol. The molecule has 0 spiro atoms. The molecule has 0 aromatic heterocycles. The number of hydrogen-bond donors (Lipinski definition) is 2. The van der Waals surface area contributed by atoms with E-state index in [1.807, 2.05) is 36.4 Å². The second-order valence-electron chi connectivity index (χ2n) is 7.21. The number of amides is 1. The summed E-state index contributed by atoms with van der Waals surface area (Å²) in [4.78, 5) is 12.0. The smallest absolute Gasteiger partial charge is 0.234 e. The largest absolute Gasteiger partial charge is 0.497 e. The van der Waals surface area contributed by atoms with Crippen molar-refractivity contribution in [2.24, 2.45) is 0 Å². The van der Waals surface area contributed by atoms with Crippen molar-refractivity contribution in [3.05, 3.63) is 59.2 Å². The van der Waals surface area contributed by atoms with Crippen LogP contribution < -0.4 is 20.1 Å². The lowest BCUT2D eigenvalue weighted by Gasteiger charge is -2.16. The van der Waals surface area contributed by atoms with Gasteiger partial charge >= 0.3 is 0 Å². The Bertz CT molecular complexity index is 769. The van der Waals surface area contributed by atoms with Gasteiger partial charge in [-0.25, -0.2) is 0 Å². The van der Waals surface area contributed by atoms with Crippen LogP contribution in [0.5, 0.6) is 11.5 Å². The molecule has 0 aliphatic carbocycles. The maximum atomic E-state index is 12.0. The molecule has 0 atom stereocenters. The highest BCUT2D eigenvalue weighted by atomic mass is 16.5. The zero-order valence-electron chi connectivity index (χ0n) is 15.6. The molecule has 2 N–H and O–H groups in total. The van der Waals surface area contributed by atoms with Gasteiger partial charge in [0.1, 0.15) is 17.1 Å². The predicted octanol–water partition coefficient (Wildman–Crippen LogP) is 2.81. The van der Waals surface area contributed by atoms with Crippen LogP contribution in [0.15, 0.2) is 42.5 Å². The normalized spacial score (nSPS) is 14.4. The van der Waals surface area contributed by atoms with Crippen LogP contribution in [0.3, 0.4) is 0 Å². The zero-order chi connectivity index (χ0) is 18.6. The topological polar surface area (TPSA) is 59.6 Å². The van der Waals surface area contributed by atoms with Crippen LogP contribution in [0.25, 0.3) is 0 Å². The lowest BCUT2D eigenvalue weighted by atomic mass is 10.0. The number of carbonyl (C=O) groups is 1. The van der Waals surface area contributed by atoms with Crippen molar-refractivity contribution < 1.29 is 14.3 Å². The lowest BCUT2D eigenvalue weighted by molar-refractivity contribution is -0.120. The van der Waals surface area contributed by atoms with Gasteiger partial charge in [0.05, 0.1) is 13.7 Å². The van der Waals surface area contributed by atoms with Crippen LogP contribution >= 0.6 is 0 Å². The van der Waals surface area contributed by atoms with Crippen LogP contribution in [0.1, 0.15) is 30.5 Å². The Hall–Kier alpha value is -2.53. The number of fused-ring (bicyclic) bond motifs is 1. The van der Waals surface area contributed by atoms with Gasteiger partial charge in [0.25, 0.3) is 0 Å². The minimum absolute atomic E-state index is 0.0218. The third-order valence-electron chi connectivity index (χ3n) is 4.39. The summed E-state index contributed by atoms with van der Waals surface area (Å²) in [5, 5.41) is 6.11. The SMILES string of the molecule is COc1ccc(CNC(=O)CNCc2ccc3c(c2)CC(C)(C)O3)cc1. The van der Waals surface area contributed by atoms with E-state index >= 15 is 0 Å². The van der Waals surface area contributed by atoms with E-state index in [1.165, 1.54) is 5.56 Å². The second-order valence-corrected chi connectivity index (χ2v) is 7.21. The van der Waals surface area contributed by atoms with Gasteiger partial charge in [-0.2, -0.15) is 0 Å². The van der Waals surface area contributed by atoms with Crippen LogP contribution in [-0.2, 0) is 24.3 Å². The van der Waals surface area contributed by atoms with Crippen molar-refractivity contribution in [2.75, 3.05) is 13.7 Å². The van der Waals surface area contributed by atoms with Crippen LogP contribution in [0.4, 0.5) is 0 Å². The number of benzene rings is 2. The molecule has 1 aliphatic rings. The average molecular weight is 354 g/mol. The van der Waals surface area contributed by atoms with Gasteiger partial charge in [-0.15, -0.1) is 0 Å². The first-order valence-electron chi connectivity index (χ1n) is 8.86. The molecule has 26 heavy (non-hydrogen) atoms. The summed E-state index contributed by atoms with van der Waals surface area (Å²) >= 11 is 0. The Morgan fingerprint density at radius 1 is 1.12 bits per heavy atom. The molecule has 0 unspecified atom stereocenters. The van der Waals surface area contributed by atoms with Gasteiger partial charge in [-0.1, -0.05) is 24.3 Å². The van der Waals surface area contributed by atoms with Crippen molar-refractivity contribution >= 4 is 5.91 Å². The highest BCUT2D eigenvalue weighted by Gasteiger charge is 2.29. The molecule has 0 radical (unpaired) electrons. The summed E-state index contributed by atoms with van der Waals surface area (Å²) in [7, 11) is 1.64. The van der Waals surface area contributed by atoms with Crippen molar-refractivity contribution in [3.8, 4) is 11.5 Å². The van der Waals surface area contributed by atoms with Gasteiger partial charge in [0, 0.05) is 19.5 Å². The first-order chi connectivity index (χ1) is 12.4. The lowest BCUT2D eigenvalue weighted by Crippen LogP contribution is -2.33. The predicted molar refractivity (Wildman–Crippen MR) is 101 cm³/mol. The number of rotatable bonds is 7. The van der Waals surface area contributed by atoms with Gasteiger partial charge in [-0.3, -0.25) is 4.79 Å². The highest BCUT2D eigenvalue weighted by molar-refractivity contribution is 5.77. The number of carbonyl (C=O) groups excluding carboxylic acids is 1. The van der Waals surface area contributed by atoms with E-state index in [0.717, 1.165) is 29.0 Å². The second kappa shape index (κ2) is 7.79. The molecule has 2 aromatic rings. The Balaban J connectivity index is 1.41. The van der Waals surface area contributed by atoms with E-state index < -0.39 is 0 Å². The van der Waals surface area contributed by atoms with Crippen molar-refractivity contribution in [3.63, 3.8) is 0 Å². The fourth-order valence-corrected chi connectivity index (χ4v) is 3.10. The summed E-state index contributed by atoms with van der Waals surface area (Å²) in [6.07, 6.45) is 0.915. The summed E-state index contributed by atoms with van der Waals surface area (Å²) in [6.45, 7) is 5.64. The molecule has 0 fully saturated rings. The molecular weight excluding hydrogens is 328 g/mol. The Kier molecular flexibility index (Phi) is 5.47. The average Bonchev–Trinajstić information content (AvgIpc) is 2.93. The van der Waals surface area contributed by atoms with E-state index in [-0.39, 0.29) is 18.1 Å². The number of methoxy groups -OCH3 is 1. The molecule has 2 aromatic carbocycles. The third-order valence-corrected chi connectivity index (χ3v) is 4.39. The molecule has 138 valence electrons. The van der Waals surface area contributed by atoms with Gasteiger partial charge in [0.15, 0.2) is 0 Å². The quantitative estimate of drug-likeness (QED) is 0.803. The first kappa shape index (κ1) is 18.3. The number of ether oxygens (including phenoxy) is 2. The fraction of sp³-hybridized carbons (Fsp3) is 0.381. The fourth-order valence-electron chi connectivity index (χ4n) is 3.10. The summed E-state index contributed by atoms with van der Waals surface area (Å²) < 4.78 is 11.0. The Morgan fingerprint density at radius 3 is 2.58 bits per heavy atom. The zero-order valence-corrected chi connectivity index (χ0v) is 15.6. The molecule has 0 saturated heterocycles. The molecule has 0 bridgehead atoms. The Labute approximate surface area is 154 Å². The van der Waals surface area contributed by atoms with Gasteiger partial charge in [0.2, 0.25) is 5.91 Å². The summed E-state index contributed by atoms with van der Waals surface area (Å²) in [6, 6.07) is 13.9. The van der Waals surface area contributed by atoms with Crippen molar-refractivity contribution in [1.82, 2.24) is 10.6 Å². The highest BCUT2D eigenvalue weighted by Crippen LogP contribution is 2.35. The molecule has 5 nitrogen and oxygen atoms in total. The number of hydrogen-bond acceptors (Lipinski definition) is 4. The maximum Gasteiger partial charge on any atom is 0.234 e. The van der Waals surface area contributed by atoms with Gasteiger partial charge < -0.3 is 20.1 Å². The Morgan fingerprint density at radius 2 is 1.85 bits per heavy atom. The van der Waals surface area contributed by atoms with Crippen molar-refractivity contribution in [2.45, 2.75) is 39.0 Å². The molecular formula is C21H26N2O3. The maximum absolute atomic E-state index is 12.0. The van der Waals surface area contributed by atoms with E-state index in [0.29, 0.717) is 13.1 Å². The summed E-state index contributed by atoms with van der Waals surface area (Å²) in [5.74, 6) is 1.76. The van der Waals surface area contributed by atoms with Crippen LogP contribution in [0, 0.1) is 0 Å². The molecule has 1 aliphatic heterocycles. The van der Waals surface area contributed by atoms with E-state index in [2.05, 4.69) is 30.5 Å². The molecule has 5 heteroatoms. The van der Waals surface area contributed by atoms with E-state index in [4.69, 9.17) is 9.47 Å². The minimum atomic E-state index is -0.129. The summed E-state index contributed by atoms with van der Waals surface area (Å²) in [5.41, 5.74) is 3.31. The third kappa shape index (κ3) is 4.76. The standard InChI is InChI=1S/C21H26N2O3/c1-21(2)11-17-10-16(6-9-19(17)26-21)12-22-14-20(24)23-13-15-4-7-18(25-3)8-5-15/h4-10,22H,11-14H2,1-3H3,(H,23,24). The number of nitrogens with one attached hydrogen (secondary N) is 2. The van der Waals surface area contributed by atoms with Crippen molar-refractivity contribution in [1.29, 1.82) is 0 Å². The minimum Gasteiger partial charge on any atom is -0.497 e. The molecule has 1 amide bonds. The van der Waals surface area contributed by atoms with Gasteiger partial charge in [-0.05, 0) is 48.7 Å². The van der Waals surface area contributed by atoms with E-state index in [1.54, 1.807) is 7.11 Å². The van der Waals surface area contributed by atoms with Crippen LogP contribution in [0.2, 0.25) is 0 Å². The molecule has 3 rings (SSSR count). The van der Waals surface area contributed by atoms with E-state index in [9.17, 15) is 4.79 Å². The molecule has 0 saturated carbocycles. The molecule has 1 heterocycles. The van der Waals surface area contributed by atoms with Crippen LogP contribution in [-0.4, -0.2) is 25.2 Å².